The summed E-state index contributed by atoms with van der Waals surface area (Å²) >= 11 is 0. The number of carbonyl (C=O) groups excluding carboxylic acids is 1. The van der Waals surface area contributed by atoms with Gasteiger partial charge in [-0.3, -0.25) is 4.79 Å². The van der Waals surface area contributed by atoms with Crippen molar-refractivity contribution in [1.29, 1.82) is 0 Å². The number of primary amides is 1. The van der Waals surface area contributed by atoms with Crippen LogP contribution in [-0.4, -0.2) is 12.5 Å². The lowest BCUT2D eigenvalue weighted by atomic mass is 10.1. The Hall–Kier alpha value is -2.75. The summed E-state index contributed by atoms with van der Waals surface area (Å²) < 4.78 is 11.3. The van der Waals surface area contributed by atoms with Gasteiger partial charge in [-0.25, -0.2) is 0 Å². The Labute approximate surface area is 122 Å². The van der Waals surface area contributed by atoms with Crippen molar-refractivity contribution in [2.24, 2.45) is 5.73 Å². The summed E-state index contributed by atoms with van der Waals surface area (Å²) in [5.74, 6) is 0.668. The SMILES string of the molecule is CCOc1ccc2oc(-c3ccccc3)c(C(N)=O)c2c1. The highest BCUT2D eigenvalue weighted by Crippen LogP contribution is 2.35. The van der Waals surface area contributed by atoms with Crippen LogP contribution in [0, 0.1) is 0 Å². The minimum Gasteiger partial charge on any atom is -0.494 e. The van der Waals surface area contributed by atoms with Crippen LogP contribution in [-0.2, 0) is 0 Å². The molecule has 3 rings (SSSR count). The largest absolute Gasteiger partial charge is 0.494 e. The first kappa shape index (κ1) is 13.2. The van der Waals surface area contributed by atoms with Gasteiger partial charge in [0, 0.05) is 10.9 Å². The van der Waals surface area contributed by atoms with E-state index in [4.69, 9.17) is 14.9 Å². The van der Waals surface area contributed by atoms with E-state index in [9.17, 15) is 4.79 Å². The normalized spacial score (nSPS) is 10.7. The number of ether oxygens (including phenoxy) is 1. The van der Waals surface area contributed by atoms with Gasteiger partial charge in [0.1, 0.15) is 17.1 Å². The Balaban J connectivity index is 2.26. The predicted octanol–water partition coefficient (Wildman–Crippen LogP) is 3.60. The molecule has 0 unspecified atom stereocenters. The van der Waals surface area contributed by atoms with E-state index in [1.165, 1.54) is 0 Å². The van der Waals surface area contributed by atoms with E-state index in [0.717, 1.165) is 5.56 Å². The molecule has 0 aliphatic rings. The first-order chi connectivity index (χ1) is 10.2. The van der Waals surface area contributed by atoms with Crippen LogP contribution in [0.3, 0.4) is 0 Å². The number of fused-ring (bicyclic) bond motifs is 1. The molecule has 1 amide bonds. The van der Waals surface area contributed by atoms with E-state index in [2.05, 4.69) is 0 Å². The molecule has 0 fully saturated rings. The number of hydrogen-bond donors (Lipinski definition) is 1. The van der Waals surface area contributed by atoms with Crippen LogP contribution < -0.4 is 10.5 Å². The maximum atomic E-state index is 11.9. The molecule has 1 aromatic heterocycles. The summed E-state index contributed by atoms with van der Waals surface area (Å²) in [6.07, 6.45) is 0. The fraction of sp³-hybridized carbons (Fsp3) is 0.118. The average molecular weight is 281 g/mol. The van der Waals surface area contributed by atoms with E-state index in [1.807, 2.05) is 43.3 Å². The molecule has 0 spiro atoms. The molecule has 0 atom stereocenters. The smallest absolute Gasteiger partial charge is 0.253 e. The molecule has 4 heteroatoms. The van der Waals surface area contributed by atoms with Crippen molar-refractivity contribution in [3.05, 3.63) is 54.1 Å². The van der Waals surface area contributed by atoms with Crippen molar-refractivity contribution >= 4 is 16.9 Å². The van der Waals surface area contributed by atoms with Gasteiger partial charge in [-0.05, 0) is 25.1 Å². The van der Waals surface area contributed by atoms with E-state index in [1.54, 1.807) is 12.1 Å². The minimum atomic E-state index is -0.513. The van der Waals surface area contributed by atoms with Crippen LogP contribution in [0.2, 0.25) is 0 Å². The van der Waals surface area contributed by atoms with Gasteiger partial charge in [0.25, 0.3) is 5.91 Å². The lowest BCUT2D eigenvalue weighted by molar-refractivity contribution is 0.100. The van der Waals surface area contributed by atoms with Gasteiger partial charge in [-0.15, -0.1) is 0 Å². The second-order valence-electron chi connectivity index (χ2n) is 4.63. The van der Waals surface area contributed by atoms with Gasteiger partial charge in [0.05, 0.1) is 12.2 Å². The molecule has 2 N–H and O–H groups in total. The number of hydrogen-bond acceptors (Lipinski definition) is 3. The number of furan rings is 1. The Morgan fingerprint density at radius 1 is 1.19 bits per heavy atom. The summed E-state index contributed by atoms with van der Waals surface area (Å²) in [4.78, 5) is 11.9. The summed E-state index contributed by atoms with van der Waals surface area (Å²) in [5.41, 5.74) is 7.37. The predicted molar refractivity (Wildman–Crippen MR) is 81.3 cm³/mol. The Bertz CT molecular complexity index is 790. The lowest BCUT2D eigenvalue weighted by Gasteiger charge is -2.02. The van der Waals surface area contributed by atoms with Crippen molar-refractivity contribution < 1.29 is 13.9 Å². The molecule has 0 saturated carbocycles. The van der Waals surface area contributed by atoms with E-state index < -0.39 is 5.91 Å². The Kier molecular flexibility index (Phi) is 3.36. The van der Waals surface area contributed by atoms with Gasteiger partial charge in [0.15, 0.2) is 0 Å². The zero-order valence-electron chi connectivity index (χ0n) is 11.6. The highest BCUT2D eigenvalue weighted by atomic mass is 16.5. The molecule has 3 aromatic rings. The topological polar surface area (TPSA) is 65.5 Å². The molecule has 0 aliphatic carbocycles. The molecule has 1 heterocycles. The van der Waals surface area contributed by atoms with Gasteiger partial charge < -0.3 is 14.9 Å². The van der Waals surface area contributed by atoms with E-state index in [0.29, 0.717) is 34.6 Å². The van der Waals surface area contributed by atoms with Gasteiger partial charge in [0.2, 0.25) is 0 Å². The zero-order chi connectivity index (χ0) is 14.8. The molecule has 21 heavy (non-hydrogen) atoms. The fourth-order valence-electron chi connectivity index (χ4n) is 2.37. The van der Waals surface area contributed by atoms with E-state index >= 15 is 0 Å². The number of rotatable bonds is 4. The van der Waals surface area contributed by atoms with Gasteiger partial charge in [-0.1, -0.05) is 30.3 Å². The summed E-state index contributed by atoms with van der Waals surface area (Å²) in [6, 6.07) is 14.8. The van der Waals surface area contributed by atoms with Crippen LogP contribution in [0.25, 0.3) is 22.3 Å². The van der Waals surface area contributed by atoms with Crippen molar-refractivity contribution in [2.45, 2.75) is 6.92 Å². The van der Waals surface area contributed by atoms with Crippen LogP contribution in [0.15, 0.2) is 52.9 Å². The van der Waals surface area contributed by atoms with Crippen LogP contribution in [0.5, 0.6) is 5.75 Å². The van der Waals surface area contributed by atoms with Crippen LogP contribution in [0.1, 0.15) is 17.3 Å². The molecule has 2 aromatic carbocycles. The number of carbonyl (C=O) groups is 1. The fourth-order valence-corrected chi connectivity index (χ4v) is 2.37. The molecule has 4 nitrogen and oxygen atoms in total. The molecule has 106 valence electrons. The molecule has 0 radical (unpaired) electrons. The lowest BCUT2D eigenvalue weighted by Crippen LogP contribution is -2.11. The minimum absolute atomic E-state index is 0.387. The van der Waals surface area contributed by atoms with Crippen molar-refractivity contribution in [3.8, 4) is 17.1 Å². The summed E-state index contributed by atoms with van der Waals surface area (Å²) in [5, 5.41) is 0.673. The third-order valence-corrected chi connectivity index (χ3v) is 3.25. The zero-order valence-corrected chi connectivity index (χ0v) is 11.6. The van der Waals surface area contributed by atoms with Gasteiger partial charge in [-0.2, -0.15) is 0 Å². The quantitative estimate of drug-likeness (QED) is 0.794. The Morgan fingerprint density at radius 2 is 1.95 bits per heavy atom. The first-order valence-corrected chi connectivity index (χ1v) is 6.75. The second kappa shape index (κ2) is 5.32. The highest BCUT2D eigenvalue weighted by molar-refractivity contribution is 6.10. The monoisotopic (exact) mass is 281 g/mol. The number of amides is 1. The maximum absolute atomic E-state index is 11.9. The molecular formula is C17H15NO3. The molecule has 0 bridgehead atoms. The van der Waals surface area contributed by atoms with Crippen LogP contribution >= 0.6 is 0 Å². The number of benzene rings is 2. The standard InChI is InChI=1S/C17H15NO3/c1-2-20-12-8-9-14-13(10-12)15(17(18)19)16(21-14)11-6-4-3-5-7-11/h3-10H,2H2,1H3,(H2,18,19). The molecule has 0 saturated heterocycles. The van der Waals surface area contributed by atoms with Crippen molar-refractivity contribution in [2.75, 3.05) is 6.61 Å². The Morgan fingerprint density at radius 3 is 2.62 bits per heavy atom. The highest BCUT2D eigenvalue weighted by Gasteiger charge is 2.20. The summed E-state index contributed by atoms with van der Waals surface area (Å²) in [6.45, 7) is 2.46. The van der Waals surface area contributed by atoms with E-state index in [-0.39, 0.29) is 0 Å². The molecule has 0 aliphatic heterocycles. The maximum Gasteiger partial charge on any atom is 0.253 e. The molecular weight excluding hydrogens is 266 g/mol. The third-order valence-electron chi connectivity index (χ3n) is 3.25. The van der Waals surface area contributed by atoms with Crippen molar-refractivity contribution in [1.82, 2.24) is 0 Å². The number of nitrogens with two attached hydrogens (primary N) is 1. The summed E-state index contributed by atoms with van der Waals surface area (Å²) in [7, 11) is 0. The van der Waals surface area contributed by atoms with Crippen molar-refractivity contribution in [3.63, 3.8) is 0 Å². The first-order valence-electron chi connectivity index (χ1n) is 6.75. The van der Waals surface area contributed by atoms with Gasteiger partial charge >= 0.3 is 0 Å². The second-order valence-corrected chi connectivity index (χ2v) is 4.63. The average Bonchev–Trinajstić information content (AvgIpc) is 2.87. The van der Waals surface area contributed by atoms with Crippen LogP contribution in [0.4, 0.5) is 0 Å². The third kappa shape index (κ3) is 2.36.